The average molecular weight is 262 g/mol. The summed E-state index contributed by atoms with van der Waals surface area (Å²) in [7, 11) is -3.56. The fraction of sp³-hybridized carbons (Fsp3) is 0.800. The van der Waals surface area contributed by atoms with Crippen molar-refractivity contribution in [3.63, 3.8) is 0 Å². The van der Waals surface area contributed by atoms with Gasteiger partial charge in [-0.3, -0.25) is 14.9 Å². The van der Waals surface area contributed by atoms with Crippen LogP contribution in [0.5, 0.6) is 0 Å². The zero-order chi connectivity index (χ0) is 13.2. The van der Waals surface area contributed by atoms with Crippen molar-refractivity contribution in [3.05, 3.63) is 0 Å². The van der Waals surface area contributed by atoms with Gasteiger partial charge in [-0.1, -0.05) is 20.8 Å². The summed E-state index contributed by atoms with van der Waals surface area (Å²) < 4.78 is 25.1. The van der Waals surface area contributed by atoms with E-state index in [-0.39, 0.29) is 18.2 Å². The van der Waals surface area contributed by atoms with E-state index >= 15 is 0 Å². The minimum atomic E-state index is -3.56. The standard InChI is InChI=1S/C10H18N2O4S/c1-4-8-10(14)11-9(13)5-12(8)17(15,16)6-7(2)3/h7-8H,4-6H2,1-3H3,(H,11,13,14). The highest BCUT2D eigenvalue weighted by molar-refractivity contribution is 7.89. The van der Waals surface area contributed by atoms with Gasteiger partial charge in [-0.25, -0.2) is 8.42 Å². The van der Waals surface area contributed by atoms with E-state index in [1.165, 1.54) is 0 Å². The Morgan fingerprint density at radius 2 is 2.00 bits per heavy atom. The molecule has 0 aliphatic carbocycles. The molecule has 1 aliphatic rings. The molecular weight excluding hydrogens is 244 g/mol. The van der Waals surface area contributed by atoms with E-state index in [4.69, 9.17) is 0 Å². The van der Waals surface area contributed by atoms with Gasteiger partial charge in [-0.15, -0.1) is 0 Å². The summed E-state index contributed by atoms with van der Waals surface area (Å²) in [5, 5.41) is 2.15. The summed E-state index contributed by atoms with van der Waals surface area (Å²) in [5.74, 6) is -1.19. The van der Waals surface area contributed by atoms with Crippen LogP contribution in [-0.4, -0.2) is 42.9 Å². The minimum absolute atomic E-state index is 0.0439. The normalized spacial score (nSPS) is 22.9. The molecule has 0 bridgehead atoms. The van der Waals surface area contributed by atoms with Gasteiger partial charge in [0.05, 0.1) is 12.3 Å². The molecule has 1 heterocycles. The summed E-state index contributed by atoms with van der Waals surface area (Å²) in [6.45, 7) is 5.02. The van der Waals surface area contributed by atoms with Gasteiger partial charge in [-0.05, 0) is 12.3 Å². The first-order valence-electron chi connectivity index (χ1n) is 5.61. The zero-order valence-electron chi connectivity index (χ0n) is 10.3. The highest BCUT2D eigenvalue weighted by Crippen LogP contribution is 2.16. The molecule has 2 amide bonds. The minimum Gasteiger partial charge on any atom is -0.294 e. The van der Waals surface area contributed by atoms with Crippen LogP contribution in [0.1, 0.15) is 27.2 Å². The molecule has 1 saturated heterocycles. The molecule has 0 aromatic carbocycles. The summed E-state index contributed by atoms with van der Waals surface area (Å²) in [6, 6.07) is -0.767. The molecule has 98 valence electrons. The first kappa shape index (κ1) is 14.1. The van der Waals surface area contributed by atoms with Crippen LogP contribution in [0.15, 0.2) is 0 Å². The molecule has 0 saturated carbocycles. The summed E-state index contributed by atoms with van der Waals surface area (Å²) in [6.07, 6.45) is 0.358. The Morgan fingerprint density at radius 3 is 2.47 bits per heavy atom. The molecule has 6 nitrogen and oxygen atoms in total. The summed E-state index contributed by atoms with van der Waals surface area (Å²) in [5.41, 5.74) is 0. The molecule has 1 rings (SSSR count). The molecule has 0 spiro atoms. The number of sulfonamides is 1. The Bertz CT molecular complexity index is 416. The second-order valence-corrected chi connectivity index (χ2v) is 6.52. The highest BCUT2D eigenvalue weighted by Gasteiger charge is 2.39. The average Bonchev–Trinajstić information content (AvgIpc) is 2.14. The van der Waals surface area contributed by atoms with E-state index in [0.29, 0.717) is 6.42 Å². The first-order valence-corrected chi connectivity index (χ1v) is 7.22. The Hall–Kier alpha value is -0.950. The van der Waals surface area contributed by atoms with Crippen LogP contribution in [0, 0.1) is 5.92 Å². The van der Waals surface area contributed by atoms with Crippen molar-refractivity contribution in [2.45, 2.75) is 33.2 Å². The molecule has 1 fully saturated rings. The maximum atomic E-state index is 12.1. The van der Waals surface area contributed by atoms with Crippen LogP contribution in [0.2, 0.25) is 0 Å². The summed E-state index contributed by atoms with van der Waals surface area (Å²) in [4.78, 5) is 22.8. The van der Waals surface area contributed by atoms with Crippen LogP contribution < -0.4 is 5.32 Å². The molecule has 1 atom stereocenters. The Labute approximate surface area is 101 Å². The molecule has 0 aromatic heterocycles. The van der Waals surface area contributed by atoms with E-state index < -0.39 is 27.9 Å². The second-order valence-electron chi connectivity index (χ2n) is 4.55. The van der Waals surface area contributed by atoms with Gasteiger partial charge in [0.25, 0.3) is 0 Å². The number of carbonyl (C=O) groups is 2. The van der Waals surface area contributed by atoms with E-state index in [2.05, 4.69) is 5.32 Å². The number of hydrogen-bond acceptors (Lipinski definition) is 4. The van der Waals surface area contributed by atoms with Gasteiger partial charge in [0.2, 0.25) is 21.8 Å². The van der Waals surface area contributed by atoms with Crippen molar-refractivity contribution < 1.29 is 18.0 Å². The number of piperazine rings is 1. The van der Waals surface area contributed by atoms with Crippen LogP contribution in [0.4, 0.5) is 0 Å². The van der Waals surface area contributed by atoms with Crippen LogP contribution in [-0.2, 0) is 19.6 Å². The lowest BCUT2D eigenvalue weighted by Gasteiger charge is -2.32. The van der Waals surface area contributed by atoms with E-state index in [1.807, 2.05) is 0 Å². The number of rotatable bonds is 4. The molecule has 1 aliphatic heterocycles. The molecule has 0 aromatic rings. The number of imide groups is 1. The molecule has 7 heteroatoms. The monoisotopic (exact) mass is 262 g/mol. The Kier molecular flexibility index (Phi) is 4.26. The number of amides is 2. The largest absolute Gasteiger partial charge is 0.294 e. The fourth-order valence-corrected chi connectivity index (χ4v) is 3.82. The number of nitrogens with zero attached hydrogens (tertiary/aromatic N) is 1. The van der Waals surface area contributed by atoms with Gasteiger partial charge < -0.3 is 0 Å². The maximum absolute atomic E-state index is 12.1. The van der Waals surface area contributed by atoms with Crippen molar-refractivity contribution in [1.29, 1.82) is 0 Å². The van der Waals surface area contributed by atoms with Crippen LogP contribution >= 0.6 is 0 Å². The van der Waals surface area contributed by atoms with Crippen molar-refractivity contribution in [2.75, 3.05) is 12.3 Å². The fourth-order valence-electron chi connectivity index (χ4n) is 1.84. The predicted molar refractivity (Wildman–Crippen MR) is 62.6 cm³/mol. The number of nitrogens with one attached hydrogen (secondary N) is 1. The van der Waals surface area contributed by atoms with Crippen molar-refractivity contribution in [2.24, 2.45) is 5.92 Å². The van der Waals surface area contributed by atoms with E-state index in [9.17, 15) is 18.0 Å². The van der Waals surface area contributed by atoms with Gasteiger partial charge in [0, 0.05) is 0 Å². The first-order chi connectivity index (χ1) is 7.77. The molecule has 17 heavy (non-hydrogen) atoms. The highest BCUT2D eigenvalue weighted by atomic mass is 32.2. The van der Waals surface area contributed by atoms with Crippen molar-refractivity contribution >= 4 is 21.8 Å². The van der Waals surface area contributed by atoms with Gasteiger partial charge in [-0.2, -0.15) is 4.31 Å². The quantitative estimate of drug-likeness (QED) is 0.706. The molecular formula is C10H18N2O4S. The smallest absolute Gasteiger partial charge is 0.245 e. The predicted octanol–water partition coefficient (Wildman–Crippen LogP) is -0.291. The number of carbonyl (C=O) groups excluding carboxylic acids is 2. The van der Waals surface area contributed by atoms with Crippen molar-refractivity contribution in [1.82, 2.24) is 9.62 Å². The zero-order valence-corrected chi connectivity index (χ0v) is 11.1. The topological polar surface area (TPSA) is 83.6 Å². The maximum Gasteiger partial charge on any atom is 0.245 e. The van der Waals surface area contributed by atoms with E-state index in [1.54, 1.807) is 20.8 Å². The molecule has 1 N–H and O–H groups in total. The Balaban J connectivity index is 3.00. The molecule has 0 radical (unpaired) electrons. The van der Waals surface area contributed by atoms with Crippen LogP contribution in [0.25, 0.3) is 0 Å². The third-order valence-corrected chi connectivity index (χ3v) is 4.69. The van der Waals surface area contributed by atoms with Crippen molar-refractivity contribution in [3.8, 4) is 0 Å². The van der Waals surface area contributed by atoms with E-state index in [0.717, 1.165) is 4.31 Å². The van der Waals surface area contributed by atoms with Crippen LogP contribution in [0.3, 0.4) is 0 Å². The third kappa shape index (κ3) is 3.26. The lowest BCUT2D eigenvalue weighted by molar-refractivity contribution is -0.137. The number of hydrogen-bond donors (Lipinski definition) is 1. The Morgan fingerprint density at radius 1 is 1.41 bits per heavy atom. The molecule has 1 unspecified atom stereocenters. The summed E-state index contributed by atoms with van der Waals surface area (Å²) >= 11 is 0. The SMILES string of the molecule is CCC1C(=O)NC(=O)CN1S(=O)(=O)CC(C)C. The second kappa shape index (κ2) is 5.14. The lowest BCUT2D eigenvalue weighted by Crippen LogP contribution is -2.60. The van der Waals surface area contributed by atoms with Gasteiger partial charge in [0.1, 0.15) is 6.04 Å². The third-order valence-electron chi connectivity index (χ3n) is 2.50. The van der Waals surface area contributed by atoms with Gasteiger partial charge >= 0.3 is 0 Å². The lowest BCUT2D eigenvalue weighted by atomic mass is 10.2. The van der Waals surface area contributed by atoms with Gasteiger partial charge in [0.15, 0.2) is 0 Å².